The van der Waals surface area contributed by atoms with Gasteiger partial charge in [-0.2, -0.15) is 0 Å². The monoisotopic (exact) mass is 313 g/mol. The molecule has 0 bridgehead atoms. The van der Waals surface area contributed by atoms with Gasteiger partial charge in [0.05, 0.1) is 0 Å². The quantitative estimate of drug-likeness (QED) is 0.783. The highest BCUT2D eigenvalue weighted by atomic mass is 19.2. The Kier molecular flexibility index (Phi) is 5.01. The third kappa shape index (κ3) is 4.14. The molecule has 122 valence electrons. The van der Waals surface area contributed by atoms with Gasteiger partial charge in [-0.05, 0) is 48.3 Å². The molecule has 3 nitrogen and oxygen atoms in total. The van der Waals surface area contributed by atoms with Gasteiger partial charge < -0.3 is 0 Å². The van der Waals surface area contributed by atoms with E-state index < -0.39 is 0 Å². The number of aromatic nitrogens is 2. The topological polar surface area (TPSA) is 29.0 Å². The van der Waals surface area contributed by atoms with E-state index in [1.807, 2.05) is 12.4 Å². The zero-order valence-corrected chi connectivity index (χ0v) is 13.9. The van der Waals surface area contributed by atoms with Gasteiger partial charge in [-0.25, -0.2) is 9.97 Å². The fourth-order valence-electron chi connectivity index (χ4n) is 3.09. The van der Waals surface area contributed by atoms with Gasteiger partial charge in [0.25, 0.3) is 0 Å². The molecule has 3 rings (SSSR count). The number of piperidine rings is 1. The van der Waals surface area contributed by atoms with E-state index in [9.17, 15) is 4.48 Å². The van der Waals surface area contributed by atoms with Crippen LogP contribution >= 0.6 is 0 Å². The predicted molar refractivity (Wildman–Crippen MR) is 90.7 cm³/mol. The Morgan fingerprint density at radius 3 is 2.52 bits per heavy atom. The lowest BCUT2D eigenvalue weighted by molar-refractivity contribution is -0.00854. The minimum Gasteiger partial charge on any atom is -0.236 e. The molecule has 0 saturated carbocycles. The van der Waals surface area contributed by atoms with E-state index in [4.69, 9.17) is 0 Å². The fourth-order valence-corrected chi connectivity index (χ4v) is 3.09. The first-order valence-electron chi connectivity index (χ1n) is 8.44. The molecule has 23 heavy (non-hydrogen) atoms. The van der Waals surface area contributed by atoms with Crippen molar-refractivity contribution in [3.05, 3.63) is 47.8 Å². The summed E-state index contributed by atoms with van der Waals surface area (Å²) in [5.74, 6) is 1.81. The summed E-state index contributed by atoms with van der Waals surface area (Å²) in [5, 5.41) is 0.914. The molecule has 0 amide bonds. The van der Waals surface area contributed by atoms with Crippen LogP contribution in [-0.2, 0) is 6.42 Å². The molecule has 1 aromatic carbocycles. The molecular formula is C19H24FN3. The summed E-state index contributed by atoms with van der Waals surface area (Å²) in [6, 6.07) is 8.42. The van der Waals surface area contributed by atoms with E-state index in [0.29, 0.717) is 24.9 Å². The van der Waals surface area contributed by atoms with E-state index in [2.05, 4.69) is 48.1 Å². The number of hydrogen-bond acceptors (Lipinski definition) is 3. The molecule has 0 aliphatic carbocycles. The largest absolute Gasteiger partial charge is 0.236 e. The Hall–Kier alpha value is -1.81. The molecule has 2 aromatic rings. The molecular weight excluding hydrogens is 289 g/mol. The van der Waals surface area contributed by atoms with Gasteiger partial charge in [0.15, 0.2) is 5.82 Å². The number of hydrogen-bond donors (Lipinski definition) is 0. The number of benzene rings is 1. The Bertz CT molecular complexity index is 631. The smallest absolute Gasteiger partial charge is 0.159 e. The molecule has 2 heterocycles. The Balaban J connectivity index is 1.68. The Morgan fingerprint density at radius 2 is 1.87 bits per heavy atom. The van der Waals surface area contributed by atoms with Gasteiger partial charge in [0.2, 0.25) is 0 Å². The zero-order chi connectivity index (χ0) is 16.2. The van der Waals surface area contributed by atoms with Gasteiger partial charge in [-0.3, -0.25) is 0 Å². The normalized spacial score (nSPS) is 16.9. The molecule has 1 aliphatic heterocycles. The third-order valence-electron chi connectivity index (χ3n) is 4.60. The summed E-state index contributed by atoms with van der Waals surface area (Å²) >= 11 is 0. The summed E-state index contributed by atoms with van der Waals surface area (Å²) in [6.07, 6.45) is 6.61. The summed E-state index contributed by atoms with van der Waals surface area (Å²) in [6.45, 7) is 5.47. The van der Waals surface area contributed by atoms with Crippen LogP contribution in [0.25, 0.3) is 11.4 Å². The summed E-state index contributed by atoms with van der Waals surface area (Å²) in [5.41, 5.74) is 3.51. The van der Waals surface area contributed by atoms with Gasteiger partial charge >= 0.3 is 0 Å². The molecule has 1 aromatic heterocycles. The van der Waals surface area contributed by atoms with E-state index in [0.717, 1.165) is 41.3 Å². The molecule has 0 spiro atoms. The van der Waals surface area contributed by atoms with Crippen LogP contribution in [0.1, 0.15) is 43.7 Å². The van der Waals surface area contributed by atoms with E-state index in [-0.39, 0.29) is 0 Å². The highest BCUT2D eigenvalue weighted by Crippen LogP contribution is 2.23. The van der Waals surface area contributed by atoms with Gasteiger partial charge in [-0.1, -0.05) is 32.0 Å². The second-order valence-corrected chi connectivity index (χ2v) is 6.75. The van der Waals surface area contributed by atoms with Crippen LogP contribution in [0.3, 0.4) is 0 Å². The van der Waals surface area contributed by atoms with Crippen LogP contribution in [0.5, 0.6) is 0 Å². The maximum atomic E-state index is 13.0. The molecule has 0 N–H and O–H groups in total. The molecule has 1 saturated heterocycles. The Morgan fingerprint density at radius 1 is 1.17 bits per heavy atom. The van der Waals surface area contributed by atoms with E-state index >= 15 is 0 Å². The third-order valence-corrected chi connectivity index (χ3v) is 4.60. The summed E-state index contributed by atoms with van der Waals surface area (Å²) in [4.78, 5) is 9.07. The minimum atomic E-state index is 0.496. The lowest BCUT2D eigenvalue weighted by Crippen LogP contribution is -2.28. The van der Waals surface area contributed by atoms with Crippen molar-refractivity contribution in [1.29, 1.82) is 0 Å². The lowest BCUT2D eigenvalue weighted by Gasteiger charge is -2.25. The zero-order valence-electron chi connectivity index (χ0n) is 13.9. The molecule has 0 atom stereocenters. The van der Waals surface area contributed by atoms with Crippen molar-refractivity contribution >= 4 is 0 Å². The van der Waals surface area contributed by atoms with Crippen LogP contribution in [0.15, 0.2) is 36.7 Å². The summed E-state index contributed by atoms with van der Waals surface area (Å²) in [7, 11) is 0. The lowest BCUT2D eigenvalue weighted by atomic mass is 9.92. The first kappa shape index (κ1) is 16.1. The first-order valence-corrected chi connectivity index (χ1v) is 8.44. The van der Waals surface area contributed by atoms with Crippen molar-refractivity contribution in [2.75, 3.05) is 13.1 Å². The number of rotatable bonds is 4. The van der Waals surface area contributed by atoms with Crippen LogP contribution in [0.4, 0.5) is 4.48 Å². The average molecular weight is 313 g/mol. The van der Waals surface area contributed by atoms with Gasteiger partial charge in [-0.15, -0.1) is 9.60 Å². The average Bonchev–Trinajstić information content (AvgIpc) is 2.58. The van der Waals surface area contributed by atoms with Crippen molar-refractivity contribution in [2.24, 2.45) is 5.92 Å². The van der Waals surface area contributed by atoms with Crippen molar-refractivity contribution in [2.45, 2.75) is 39.0 Å². The second kappa shape index (κ2) is 7.18. The van der Waals surface area contributed by atoms with Crippen LogP contribution in [0, 0.1) is 5.92 Å². The molecule has 4 heteroatoms. The summed E-state index contributed by atoms with van der Waals surface area (Å²) < 4.78 is 13.0. The van der Waals surface area contributed by atoms with E-state index in [1.165, 1.54) is 5.56 Å². The highest BCUT2D eigenvalue weighted by Gasteiger charge is 2.19. The predicted octanol–water partition coefficient (Wildman–Crippen LogP) is 4.41. The first-order chi connectivity index (χ1) is 11.1. The van der Waals surface area contributed by atoms with Crippen molar-refractivity contribution in [3.63, 3.8) is 0 Å². The van der Waals surface area contributed by atoms with Crippen LogP contribution in [-0.4, -0.2) is 28.2 Å². The maximum absolute atomic E-state index is 13.0. The molecule has 1 fully saturated rings. The van der Waals surface area contributed by atoms with Gasteiger partial charge in [0.1, 0.15) is 0 Å². The maximum Gasteiger partial charge on any atom is 0.159 e. The van der Waals surface area contributed by atoms with Crippen molar-refractivity contribution in [1.82, 2.24) is 15.1 Å². The van der Waals surface area contributed by atoms with Crippen molar-refractivity contribution < 1.29 is 4.48 Å². The Labute approximate surface area is 137 Å². The molecule has 0 radical (unpaired) electrons. The van der Waals surface area contributed by atoms with Crippen LogP contribution < -0.4 is 0 Å². The van der Waals surface area contributed by atoms with Crippen molar-refractivity contribution in [3.8, 4) is 11.4 Å². The highest BCUT2D eigenvalue weighted by molar-refractivity contribution is 5.56. The van der Waals surface area contributed by atoms with Crippen LogP contribution in [0.2, 0.25) is 0 Å². The standard InChI is InChI=1S/C19H24FN3/c1-14(2)17-4-3-5-18(11-17)19-21-12-16(13-22-19)10-15-6-8-23(20)9-7-15/h3-5,11-15H,6-10H2,1-2H3. The van der Waals surface area contributed by atoms with E-state index in [1.54, 1.807) is 0 Å². The second-order valence-electron chi connectivity index (χ2n) is 6.75. The molecule has 0 unspecified atom stereocenters. The molecule has 1 aliphatic rings. The number of nitrogens with zero attached hydrogens (tertiary/aromatic N) is 3. The SMILES string of the molecule is CC(C)c1cccc(-c2ncc(CC3CCN(F)CC3)cn2)c1. The minimum absolute atomic E-state index is 0.496. The number of halogens is 1. The fraction of sp³-hybridized carbons (Fsp3) is 0.474. The van der Waals surface area contributed by atoms with Gasteiger partial charge in [0, 0.05) is 31.0 Å².